The Bertz CT molecular complexity index is 1010. The number of thiophene rings is 1. The monoisotopic (exact) mass is 411 g/mol. The van der Waals surface area contributed by atoms with Crippen molar-refractivity contribution in [1.82, 2.24) is 9.97 Å². The van der Waals surface area contributed by atoms with E-state index in [1.807, 2.05) is 24.0 Å². The molecule has 0 spiro atoms. The number of carbonyl (C=O) groups excluding carboxylic acids is 1. The van der Waals surface area contributed by atoms with Gasteiger partial charge in [0.2, 0.25) is 5.91 Å². The van der Waals surface area contributed by atoms with Crippen molar-refractivity contribution in [2.45, 2.75) is 45.1 Å². The van der Waals surface area contributed by atoms with Gasteiger partial charge in [-0.15, -0.1) is 11.3 Å². The van der Waals surface area contributed by atoms with Gasteiger partial charge in [-0.05, 0) is 62.3 Å². The van der Waals surface area contributed by atoms with Crippen LogP contribution in [0, 0.1) is 12.8 Å². The first-order valence-corrected chi connectivity index (χ1v) is 11.6. The number of benzene rings is 1. The number of aromatic nitrogens is 2. The number of aryl methyl sites for hydroxylation is 2. The number of amides is 1. The second kappa shape index (κ2) is 8.21. The fourth-order valence-corrected chi connectivity index (χ4v) is 6.18. The highest BCUT2D eigenvalue weighted by atomic mass is 32.2. The predicted molar refractivity (Wildman–Crippen MR) is 119 cm³/mol. The summed E-state index contributed by atoms with van der Waals surface area (Å²) in [6, 6.07) is 8.11. The minimum absolute atomic E-state index is 0.114. The number of carbonyl (C=O) groups is 1. The van der Waals surface area contributed by atoms with Crippen LogP contribution in [0.3, 0.4) is 0 Å². The van der Waals surface area contributed by atoms with Crippen molar-refractivity contribution in [3.63, 3.8) is 0 Å². The number of fused-ring (bicyclic) bond motifs is 3. The van der Waals surface area contributed by atoms with Crippen LogP contribution < -0.4 is 4.90 Å². The van der Waals surface area contributed by atoms with Gasteiger partial charge in [0.15, 0.2) is 0 Å². The van der Waals surface area contributed by atoms with Crippen LogP contribution in [0.1, 0.15) is 36.3 Å². The molecule has 0 aliphatic heterocycles. The first-order valence-electron chi connectivity index (χ1n) is 9.82. The zero-order valence-corrected chi connectivity index (χ0v) is 18.2. The second-order valence-electron chi connectivity index (χ2n) is 7.48. The molecule has 1 amide bonds. The van der Waals surface area contributed by atoms with Crippen LogP contribution in [0.4, 0.5) is 5.69 Å². The molecule has 0 N–H and O–H groups in total. The highest BCUT2D eigenvalue weighted by molar-refractivity contribution is 8.00. The summed E-state index contributed by atoms with van der Waals surface area (Å²) in [5.74, 6) is 1.23. The summed E-state index contributed by atoms with van der Waals surface area (Å²) in [5, 5.41) is 2.14. The van der Waals surface area contributed by atoms with Crippen LogP contribution in [-0.4, -0.2) is 28.2 Å². The molecule has 1 aromatic carbocycles. The van der Waals surface area contributed by atoms with Crippen LogP contribution in [0.15, 0.2) is 35.6 Å². The number of rotatable bonds is 5. The molecule has 6 heteroatoms. The lowest BCUT2D eigenvalue weighted by atomic mass is 9.89. The molecule has 0 radical (unpaired) electrons. The third-order valence-electron chi connectivity index (χ3n) is 5.32. The molecular weight excluding hydrogens is 386 g/mol. The Balaban J connectivity index is 1.56. The van der Waals surface area contributed by atoms with E-state index in [9.17, 15) is 4.79 Å². The molecule has 4 nitrogen and oxygen atoms in total. The van der Waals surface area contributed by atoms with Gasteiger partial charge >= 0.3 is 0 Å². The van der Waals surface area contributed by atoms with E-state index in [0.29, 0.717) is 12.3 Å². The van der Waals surface area contributed by atoms with Crippen molar-refractivity contribution < 1.29 is 4.79 Å². The molecule has 1 aliphatic rings. The number of nitrogens with zero attached hydrogens (tertiary/aromatic N) is 3. The maximum atomic E-state index is 12.9. The first-order chi connectivity index (χ1) is 13.6. The van der Waals surface area contributed by atoms with Crippen molar-refractivity contribution in [2.24, 2.45) is 5.92 Å². The minimum atomic E-state index is 0.114. The third-order valence-corrected chi connectivity index (χ3v) is 7.46. The Labute approximate surface area is 174 Å². The number of hydrogen-bond donors (Lipinski definition) is 0. The SMILES string of the molecule is CCN(C(=O)CSc1ncnc2sc3c(c12)CC[C@H](C)C3)c1cccc(C)c1. The maximum absolute atomic E-state index is 12.9. The van der Waals surface area contributed by atoms with Crippen molar-refractivity contribution in [3.8, 4) is 0 Å². The molecule has 28 heavy (non-hydrogen) atoms. The fraction of sp³-hybridized carbons (Fsp3) is 0.409. The molecular formula is C22H25N3OS2. The number of thioether (sulfide) groups is 1. The van der Waals surface area contributed by atoms with Crippen LogP contribution in [0.2, 0.25) is 0 Å². The van der Waals surface area contributed by atoms with E-state index in [-0.39, 0.29) is 5.91 Å². The van der Waals surface area contributed by atoms with Crippen molar-refractivity contribution in [2.75, 3.05) is 17.2 Å². The van der Waals surface area contributed by atoms with Crippen molar-refractivity contribution in [3.05, 3.63) is 46.6 Å². The summed E-state index contributed by atoms with van der Waals surface area (Å²) >= 11 is 3.34. The van der Waals surface area contributed by atoms with Gasteiger partial charge in [-0.3, -0.25) is 4.79 Å². The number of anilines is 1. The summed E-state index contributed by atoms with van der Waals surface area (Å²) in [4.78, 5) is 26.3. The van der Waals surface area contributed by atoms with E-state index in [0.717, 1.165) is 39.9 Å². The molecule has 2 aromatic heterocycles. The van der Waals surface area contributed by atoms with E-state index in [2.05, 4.69) is 35.9 Å². The molecule has 4 rings (SSSR count). The van der Waals surface area contributed by atoms with Crippen LogP contribution in [0.25, 0.3) is 10.2 Å². The normalized spacial score (nSPS) is 16.2. The van der Waals surface area contributed by atoms with E-state index >= 15 is 0 Å². The Hall–Kier alpha value is -1.92. The van der Waals surface area contributed by atoms with E-state index in [1.165, 1.54) is 22.2 Å². The van der Waals surface area contributed by atoms with Gasteiger partial charge in [-0.1, -0.05) is 30.8 Å². The molecule has 0 unspecified atom stereocenters. The van der Waals surface area contributed by atoms with Gasteiger partial charge in [-0.2, -0.15) is 0 Å². The van der Waals surface area contributed by atoms with Gasteiger partial charge in [-0.25, -0.2) is 9.97 Å². The zero-order valence-electron chi connectivity index (χ0n) is 16.6. The molecule has 146 valence electrons. The average molecular weight is 412 g/mol. The van der Waals surface area contributed by atoms with Gasteiger partial charge in [0.05, 0.1) is 5.75 Å². The second-order valence-corrected chi connectivity index (χ2v) is 9.52. The van der Waals surface area contributed by atoms with Crippen LogP contribution in [-0.2, 0) is 17.6 Å². The zero-order chi connectivity index (χ0) is 19.7. The lowest BCUT2D eigenvalue weighted by molar-refractivity contribution is -0.116. The molecule has 0 fully saturated rings. The largest absolute Gasteiger partial charge is 0.312 e. The average Bonchev–Trinajstić information content (AvgIpc) is 3.05. The first kappa shape index (κ1) is 19.4. The molecule has 0 saturated heterocycles. The molecule has 1 aliphatic carbocycles. The Morgan fingerprint density at radius 1 is 1.36 bits per heavy atom. The molecule has 2 heterocycles. The summed E-state index contributed by atoms with van der Waals surface area (Å²) < 4.78 is 0. The van der Waals surface area contributed by atoms with Crippen molar-refractivity contribution in [1.29, 1.82) is 0 Å². The lowest BCUT2D eigenvalue weighted by Gasteiger charge is -2.21. The van der Waals surface area contributed by atoms with Crippen molar-refractivity contribution >= 4 is 44.9 Å². The van der Waals surface area contributed by atoms with E-state index < -0.39 is 0 Å². The smallest absolute Gasteiger partial charge is 0.237 e. The van der Waals surface area contributed by atoms with Gasteiger partial charge in [0.25, 0.3) is 0 Å². The fourth-order valence-electron chi connectivity index (χ4n) is 3.86. The minimum Gasteiger partial charge on any atom is -0.312 e. The third kappa shape index (κ3) is 3.80. The summed E-state index contributed by atoms with van der Waals surface area (Å²) in [5.41, 5.74) is 3.54. The number of hydrogen-bond acceptors (Lipinski definition) is 5. The Morgan fingerprint density at radius 2 is 2.21 bits per heavy atom. The summed E-state index contributed by atoms with van der Waals surface area (Å²) in [7, 11) is 0. The predicted octanol–water partition coefficient (Wildman–Crippen LogP) is 5.27. The summed E-state index contributed by atoms with van der Waals surface area (Å²) in [6.07, 6.45) is 5.08. The van der Waals surface area contributed by atoms with E-state index in [1.54, 1.807) is 29.4 Å². The topological polar surface area (TPSA) is 46.1 Å². The molecule has 0 bridgehead atoms. The quantitative estimate of drug-likeness (QED) is 0.424. The highest BCUT2D eigenvalue weighted by Gasteiger charge is 2.24. The van der Waals surface area contributed by atoms with Gasteiger partial charge in [0.1, 0.15) is 16.2 Å². The highest BCUT2D eigenvalue weighted by Crippen LogP contribution is 2.40. The van der Waals surface area contributed by atoms with Crippen LogP contribution >= 0.6 is 23.1 Å². The standard InChI is InChI=1S/C22H25N3OS2/c1-4-25(16-7-5-6-14(2)10-16)19(26)12-27-21-20-17-9-8-15(3)11-18(17)28-22(20)24-13-23-21/h5-7,10,13,15H,4,8-9,11-12H2,1-3H3/t15-/m0/s1. The molecule has 3 aromatic rings. The van der Waals surface area contributed by atoms with Gasteiger partial charge in [0, 0.05) is 22.5 Å². The van der Waals surface area contributed by atoms with Crippen LogP contribution in [0.5, 0.6) is 0 Å². The molecule has 1 atom stereocenters. The maximum Gasteiger partial charge on any atom is 0.237 e. The lowest BCUT2D eigenvalue weighted by Crippen LogP contribution is -2.32. The summed E-state index contributed by atoms with van der Waals surface area (Å²) in [6.45, 7) is 7.05. The molecule has 0 saturated carbocycles. The van der Waals surface area contributed by atoms with Gasteiger partial charge < -0.3 is 4.90 Å². The Kier molecular flexibility index (Phi) is 5.69. The van der Waals surface area contributed by atoms with E-state index in [4.69, 9.17) is 0 Å². The Morgan fingerprint density at radius 3 is 3.00 bits per heavy atom.